The summed E-state index contributed by atoms with van der Waals surface area (Å²) in [6.07, 6.45) is 9.31. The predicted molar refractivity (Wildman–Crippen MR) is 105 cm³/mol. The molecule has 2 aromatic heterocycles. The fourth-order valence-electron chi connectivity index (χ4n) is 3.83. The fraction of sp³-hybridized carbons (Fsp3) is 0.318. The number of halogens is 1. The lowest BCUT2D eigenvalue weighted by Gasteiger charge is -2.33. The Morgan fingerprint density at radius 3 is 2.82 bits per heavy atom. The molecule has 1 saturated heterocycles. The highest BCUT2D eigenvalue weighted by Crippen LogP contribution is 2.27. The molecular formula is C22H23FN4O. The summed E-state index contributed by atoms with van der Waals surface area (Å²) in [5.41, 5.74) is 2.20. The average molecular weight is 378 g/mol. The third-order valence-corrected chi connectivity index (χ3v) is 5.33. The minimum absolute atomic E-state index is 0.0416. The third kappa shape index (κ3) is 3.81. The van der Waals surface area contributed by atoms with Gasteiger partial charge in [-0.15, -0.1) is 0 Å². The molecular weight excluding hydrogens is 355 g/mol. The Hall–Kier alpha value is -3.02. The number of aromatic nitrogens is 3. The zero-order chi connectivity index (χ0) is 19.5. The smallest absolute Gasteiger partial charge is 0.253 e. The molecule has 28 heavy (non-hydrogen) atoms. The van der Waals surface area contributed by atoms with Gasteiger partial charge in [-0.2, -0.15) is 0 Å². The lowest BCUT2D eigenvalue weighted by Crippen LogP contribution is -2.39. The van der Waals surface area contributed by atoms with Crippen LogP contribution in [-0.2, 0) is 6.54 Å². The van der Waals surface area contributed by atoms with Gasteiger partial charge in [0, 0.05) is 55.9 Å². The van der Waals surface area contributed by atoms with E-state index in [9.17, 15) is 9.18 Å². The number of carbonyl (C=O) groups excluding carboxylic acids is 1. The average Bonchev–Trinajstić information content (AvgIpc) is 3.18. The van der Waals surface area contributed by atoms with Crippen molar-refractivity contribution in [1.82, 2.24) is 19.4 Å². The maximum Gasteiger partial charge on any atom is 0.253 e. The van der Waals surface area contributed by atoms with Crippen LogP contribution in [0.2, 0.25) is 0 Å². The molecule has 4 rings (SSSR count). The second kappa shape index (κ2) is 7.92. The second-order valence-electron chi connectivity index (χ2n) is 7.32. The summed E-state index contributed by atoms with van der Waals surface area (Å²) in [7, 11) is 0. The van der Waals surface area contributed by atoms with Gasteiger partial charge < -0.3 is 9.47 Å². The van der Waals surface area contributed by atoms with Gasteiger partial charge in [-0.3, -0.25) is 9.78 Å². The van der Waals surface area contributed by atoms with Crippen molar-refractivity contribution >= 4 is 5.91 Å². The molecule has 5 nitrogen and oxygen atoms in total. The summed E-state index contributed by atoms with van der Waals surface area (Å²) in [6, 6.07) is 8.56. The minimum atomic E-state index is -0.286. The van der Waals surface area contributed by atoms with E-state index in [-0.39, 0.29) is 17.6 Å². The van der Waals surface area contributed by atoms with Crippen molar-refractivity contribution in [3.63, 3.8) is 0 Å². The molecule has 144 valence electrons. The lowest BCUT2D eigenvalue weighted by molar-refractivity contribution is 0.0703. The Balaban J connectivity index is 1.51. The number of amides is 1. The van der Waals surface area contributed by atoms with Gasteiger partial charge in [-0.1, -0.05) is 0 Å². The summed E-state index contributed by atoms with van der Waals surface area (Å²) < 4.78 is 15.7. The number of hydrogen-bond donors (Lipinski definition) is 0. The molecule has 6 heteroatoms. The number of piperidine rings is 1. The number of aryl methyl sites for hydroxylation is 1. The highest BCUT2D eigenvalue weighted by atomic mass is 19.1. The largest absolute Gasteiger partial charge is 0.338 e. The zero-order valence-corrected chi connectivity index (χ0v) is 15.9. The molecule has 0 aliphatic carbocycles. The van der Waals surface area contributed by atoms with Crippen molar-refractivity contribution in [1.29, 1.82) is 0 Å². The summed E-state index contributed by atoms with van der Waals surface area (Å²) in [5, 5.41) is 0. The monoisotopic (exact) mass is 378 g/mol. The molecule has 0 spiro atoms. The molecule has 3 aromatic rings. The van der Waals surface area contributed by atoms with E-state index in [1.165, 1.54) is 11.6 Å². The van der Waals surface area contributed by atoms with Crippen LogP contribution in [0.4, 0.5) is 4.39 Å². The first-order valence-corrected chi connectivity index (χ1v) is 9.57. The van der Waals surface area contributed by atoms with Crippen LogP contribution in [0.1, 0.15) is 46.1 Å². The maximum atomic E-state index is 13.5. The van der Waals surface area contributed by atoms with E-state index >= 15 is 0 Å². The Labute approximate surface area is 163 Å². The molecule has 3 heterocycles. The molecule has 1 atom stereocenters. The van der Waals surface area contributed by atoms with Crippen LogP contribution in [0.25, 0.3) is 0 Å². The van der Waals surface area contributed by atoms with Gasteiger partial charge in [0.2, 0.25) is 0 Å². The van der Waals surface area contributed by atoms with E-state index in [0.717, 1.165) is 31.8 Å². The standard InChI is InChI=1S/C22H23FN4O/c1-16-13-18(4-5-20(16)23)22(28)27-11-2-3-19(15-27)21-25-10-12-26(21)14-17-6-8-24-9-7-17/h4-10,12-13,19H,2-3,11,14-15H2,1H3/t19-/m0/s1. The predicted octanol–water partition coefficient (Wildman–Crippen LogP) is 3.79. The summed E-state index contributed by atoms with van der Waals surface area (Å²) in [6.45, 7) is 3.76. The molecule has 0 bridgehead atoms. The Morgan fingerprint density at radius 2 is 2.04 bits per heavy atom. The van der Waals surface area contributed by atoms with Crippen molar-refractivity contribution < 1.29 is 9.18 Å². The van der Waals surface area contributed by atoms with E-state index in [1.807, 2.05) is 29.4 Å². The van der Waals surface area contributed by atoms with Crippen LogP contribution in [0.15, 0.2) is 55.1 Å². The highest BCUT2D eigenvalue weighted by Gasteiger charge is 2.28. The first-order chi connectivity index (χ1) is 13.6. The van der Waals surface area contributed by atoms with Crippen molar-refractivity contribution in [2.75, 3.05) is 13.1 Å². The van der Waals surface area contributed by atoms with E-state index in [4.69, 9.17) is 0 Å². The summed E-state index contributed by atoms with van der Waals surface area (Å²) in [4.78, 5) is 23.4. The Kier molecular flexibility index (Phi) is 5.19. The molecule has 0 N–H and O–H groups in total. The topological polar surface area (TPSA) is 51.0 Å². The molecule has 0 saturated carbocycles. The molecule has 0 radical (unpaired) electrons. The molecule has 1 aliphatic rings. The molecule has 0 unspecified atom stereocenters. The third-order valence-electron chi connectivity index (χ3n) is 5.33. The van der Waals surface area contributed by atoms with Gasteiger partial charge in [0.15, 0.2) is 0 Å². The van der Waals surface area contributed by atoms with E-state index in [0.29, 0.717) is 17.7 Å². The molecule has 1 aromatic carbocycles. The van der Waals surface area contributed by atoms with E-state index < -0.39 is 0 Å². The van der Waals surface area contributed by atoms with Crippen molar-refractivity contribution in [3.05, 3.63) is 83.5 Å². The fourth-order valence-corrected chi connectivity index (χ4v) is 3.83. The van der Waals surface area contributed by atoms with Gasteiger partial charge in [-0.05, 0) is 61.2 Å². The van der Waals surface area contributed by atoms with Gasteiger partial charge >= 0.3 is 0 Å². The minimum Gasteiger partial charge on any atom is -0.338 e. The lowest BCUT2D eigenvalue weighted by atomic mass is 9.96. The van der Waals surface area contributed by atoms with Crippen LogP contribution >= 0.6 is 0 Å². The van der Waals surface area contributed by atoms with E-state index in [1.54, 1.807) is 31.5 Å². The number of hydrogen-bond acceptors (Lipinski definition) is 3. The normalized spacial score (nSPS) is 16.9. The number of rotatable bonds is 4. The summed E-state index contributed by atoms with van der Waals surface area (Å²) >= 11 is 0. The van der Waals surface area contributed by atoms with Crippen LogP contribution in [-0.4, -0.2) is 38.4 Å². The Morgan fingerprint density at radius 1 is 1.21 bits per heavy atom. The maximum absolute atomic E-state index is 13.5. The number of likely N-dealkylation sites (tertiary alicyclic amines) is 1. The van der Waals surface area contributed by atoms with Crippen molar-refractivity contribution in [3.8, 4) is 0 Å². The second-order valence-corrected chi connectivity index (χ2v) is 7.32. The highest BCUT2D eigenvalue weighted by molar-refractivity contribution is 5.94. The van der Waals surface area contributed by atoms with Gasteiger partial charge in [0.25, 0.3) is 5.91 Å². The number of imidazole rings is 1. The van der Waals surface area contributed by atoms with Crippen molar-refractivity contribution in [2.24, 2.45) is 0 Å². The summed E-state index contributed by atoms with van der Waals surface area (Å²) in [5.74, 6) is 0.868. The number of nitrogens with zero attached hydrogens (tertiary/aromatic N) is 4. The number of pyridine rings is 1. The van der Waals surface area contributed by atoms with Gasteiger partial charge in [0.05, 0.1) is 0 Å². The van der Waals surface area contributed by atoms with Crippen molar-refractivity contribution in [2.45, 2.75) is 32.2 Å². The van der Waals surface area contributed by atoms with Crippen LogP contribution in [0, 0.1) is 12.7 Å². The first kappa shape index (κ1) is 18.3. The van der Waals surface area contributed by atoms with Gasteiger partial charge in [0.1, 0.15) is 11.6 Å². The van der Waals surface area contributed by atoms with E-state index in [2.05, 4.69) is 14.5 Å². The van der Waals surface area contributed by atoms with Crippen LogP contribution in [0.5, 0.6) is 0 Å². The molecule has 1 fully saturated rings. The van der Waals surface area contributed by atoms with Crippen LogP contribution in [0.3, 0.4) is 0 Å². The molecule has 1 amide bonds. The zero-order valence-electron chi connectivity index (χ0n) is 15.9. The Bertz CT molecular complexity index is 970. The first-order valence-electron chi connectivity index (χ1n) is 9.57. The van der Waals surface area contributed by atoms with Gasteiger partial charge in [-0.25, -0.2) is 9.37 Å². The molecule has 1 aliphatic heterocycles. The SMILES string of the molecule is Cc1cc(C(=O)N2CCC[C@H](c3nccn3Cc3ccncc3)C2)ccc1F. The van der Waals surface area contributed by atoms with Crippen LogP contribution < -0.4 is 0 Å². The quantitative estimate of drug-likeness (QED) is 0.694. The number of benzene rings is 1. The number of carbonyl (C=O) groups is 1.